The maximum Gasteiger partial charge on any atom is 0.346 e. The first-order chi connectivity index (χ1) is 9.60. The van der Waals surface area contributed by atoms with Crippen LogP contribution in [0.15, 0.2) is 9.82 Å². The van der Waals surface area contributed by atoms with Gasteiger partial charge in [0.1, 0.15) is 16.7 Å². The van der Waals surface area contributed by atoms with Crippen molar-refractivity contribution in [2.24, 2.45) is 0 Å². The SMILES string of the molecule is Cc1[nH]c(=O)nc(SCC(=O)NC2CCCC2)c1C#N. The summed E-state index contributed by atoms with van der Waals surface area (Å²) in [5.41, 5.74) is 0.301. The van der Waals surface area contributed by atoms with Crippen molar-refractivity contribution in [2.45, 2.75) is 43.7 Å². The highest BCUT2D eigenvalue weighted by Gasteiger charge is 2.18. The van der Waals surface area contributed by atoms with E-state index in [2.05, 4.69) is 15.3 Å². The first-order valence-electron chi connectivity index (χ1n) is 6.53. The van der Waals surface area contributed by atoms with Gasteiger partial charge in [-0.3, -0.25) is 4.79 Å². The molecule has 106 valence electrons. The van der Waals surface area contributed by atoms with Gasteiger partial charge in [0.15, 0.2) is 0 Å². The van der Waals surface area contributed by atoms with Gasteiger partial charge in [0, 0.05) is 11.7 Å². The molecule has 0 atom stereocenters. The number of hydrogen-bond donors (Lipinski definition) is 2. The molecule has 1 aromatic rings. The molecule has 0 spiro atoms. The molecule has 0 unspecified atom stereocenters. The molecule has 20 heavy (non-hydrogen) atoms. The second-order valence-corrected chi connectivity index (χ2v) is 5.76. The van der Waals surface area contributed by atoms with Crippen LogP contribution >= 0.6 is 11.8 Å². The maximum absolute atomic E-state index is 11.8. The van der Waals surface area contributed by atoms with Gasteiger partial charge in [-0.25, -0.2) is 4.79 Å². The number of hydrogen-bond acceptors (Lipinski definition) is 5. The number of nitrogens with one attached hydrogen (secondary N) is 2. The molecule has 7 heteroatoms. The smallest absolute Gasteiger partial charge is 0.346 e. The van der Waals surface area contributed by atoms with E-state index >= 15 is 0 Å². The monoisotopic (exact) mass is 292 g/mol. The summed E-state index contributed by atoms with van der Waals surface area (Å²) in [4.78, 5) is 29.4. The second kappa shape index (κ2) is 6.57. The van der Waals surface area contributed by atoms with Gasteiger partial charge in [0.2, 0.25) is 5.91 Å². The molecule has 1 fully saturated rings. The van der Waals surface area contributed by atoms with Crippen LogP contribution in [0.3, 0.4) is 0 Å². The number of thioether (sulfide) groups is 1. The van der Waals surface area contributed by atoms with E-state index in [9.17, 15) is 9.59 Å². The van der Waals surface area contributed by atoms with Crippen LogP contribution in [0.1, 0.15) is 36.9 Å². The highest BCUT2D eigenvalue weighted by molar-refractivity contribution is 8.00. The predicted molar refractivity (Wildman–Crippen MR) is 75.4 cm³/mol. The Kier molecular flexibility index (Phi) is 4.79. The molecule has 1 amide bonds. The van der Waals surface area contributed by atoms with Gasteiger partial charge in [-0.1, -0.05) is 24.6 Å². The Hall–Kier alpha value is -1.81. The average molecular weight is 292 g/mol. The van der Waals surface area contributed by atoms with Crippen molar-refractivity contribution in [3.05, 3.63) is 21.7 Å². The van der Waals surface area contributed by atoms with Gasteiger partial charge in [0.05, 0.1) is 5.75 Å². The largest absolute Gasteiger partial charge is 0.353 e. The van der Waals surface area contributed by atoms with E-state index in [1.165, 1.54) is 0 Å². The molecule has 0 aliphatic heterocycles. The zero-order valence-corrected chi connectivity index (χ0v) is 12.0. The number of nitrogens with zero attached hydrogens (tertiary/aromatic N) is 2. The van der Waals surface area contributed by atoms with Gasteiger partial charge < -0.3 is 10.3 Å². The third-order valence-corrected chi connectivity index (χ3v) is 4.23. The van der Waals surface area contributed by atoms with Crippen molar-refractivity contribution >= 4 is 17.7 Å². The van der Waals surface area contributed by atoms with Crippen LogP contribution < -0.4 is 11.0 Å². The molecule has 1 saturated carbocycles. The summed E-state index contributed by atoms with van der Waals surface area (Å²) in [6.07, 6.45) is 4.38. The van der Waals surface area contributed by atoms with Gasteiger partial charge in [-0.2, -0.15) is 10.2 Å². The first kappa shape index (κ1) is 14.6. The van der Waals surface area contributed by atoms with Gasteiger partial charge >= 0.3 is 5.69 Å². The number of nitriles is 1. The first-order valence-corrected chi connectivity index (χ1v) is 7.52. The van der Waals surface area contributed by atoms with Crippen LogP contribution in [0.4, 0.5) is 0 Å². The fourth-order valence-electron chi connectivity index (χ4n) is 2.27. The van der Waals surface area contributed by atoms with Crippen molar-refractivity contribution in [1.29, 1.82) is 5.26 Å². The van der Waals surface area contributed by atoms with E-state index in [1.807, 2.05) is 6.07 Å². The summed E-state index contributed by atoms with van der Waals surface area (Å²) in [6, 6.07) is 2.27. The standard InChI is InChI=1S/C13H16N4O2S/c1-8-10(6-14)12(17-13(19)15-8)20-7-11(18)16-9-4-2-3-5-9/h9H,2-5,7H2,1H3,(H,16,18)(H,15,17,19). The van der Waals surface area contributed by atoms with Crippen LogP contribution in [0.2, 0.25) is 0 Å². The number of rotatable bonds is 4. The van der Waals surface area contributed by atoms with Gasteiger partial charge in [-0.15, -0.1) is 0 Å². The lowest BCUT2D eigenvalue weighted by Crippen LogP contribution is -2.33. The Bertz CT molecular complexity index is 599. The Labute approximate surface area is 121 Å². The highest BCUT2D eigenvalue weighted by atomic mass is 32.2. The highest BCUT2D eigenvalue weighted by Crippen LogP contribution is 2.21. The molecule has 1 aliphatic rings. The quantitative estimate of drug-likeness (QED) is 0.639. The summed E-state index contributed by atoms with van der Waals surface area (Å²) < 4.78 is 0. The topological polar surface area (TPSA) is 98.6 Å². The zero-order chi connectivity index (χ0) is 14.5. The molecule has 1 aliphatic carbocycles. The van der Waals surface area contributed by atoms with E-state index in [-0.39, 0.29) is 17.7 Å². The predicted octanol–water partition coefficient (Wildman–Crippen LogP) is 1.10. The van der Waals surface area contributed by atoms with E-state index in [0.29, 0.717) is 16.3 Å². The summed E-state index contributed by atoms with van der Waals surface area (Å²) >= 11 is 1.13. The molecule has 2 rings (SSSR count). The third-order valence-electron chi connectivity index (χ3n) is 3.26. The molecular weight excluding hydrogens is 276 g/mol. The fourth-order valence-corrected chi connectivity index (χ4v) is 3.11. The lowest BCUT2D eigenvalue weighted by atomic mass is 10.2. The molecule has 0 aromatic carbocycles. The Morgan fingerprint density at radius 2 is 2.25 bits per heavy atom. The summed E-state index contributed by atoms with van der Waals surface area (Å²) in [5.74, 6) is 0.0895. The van der Waals surface area contributed by atoms with Gasteiger partial charge in [0.25, 0.3) is 0 Å². The lowest BCUT2D eigenvalue weighted by molar-refractivity contribution is -0.119. The number of carbonyl (C=O) groups excluding carboxylic acids is 1. The fraction of sp³-hybridized carbons (Fsp3) is 0.538. The molecule has 1 heterocycles. The van der Waals surface area contributed by atoms with E-state index < -0.39 is 5.69 Å². The van der Waals surface area contributed by atoms with E-state index in [0.717, 1.165) is 37.4 Å². The molecule has 1 aromatic heterocycles. The van der Waals surface area contributed by atoms with Crippen LogP contribution in [-0.4, -0.2) is 27.7 Å². The van der Waals surface area contributed by atoms with Crippen LogP contribution in [0, 0.1) is 18.3 Å². The number of carbonyl (C=O) groups is 1. The summed E-state index contributed by atoms with van der Waals surface area (Å²) in [6.45, 7) is 1.64. The van der Waals surface area contributed by atoms with Gasteiger partial charge in [-0.05, 0) is 19.8 Å². The van der Waals surface area contributed by atoms with E-state index in [4.69, 9.17) is 5.26 Å². The molecule has 6 nitrogen and oxygen atoms in total. The van der Waals surface area contributed by atoms with Crippen LogP contribution in [0.25, 0.3) is 0 Å². The Morgan fingerprint density at radius 1 is 1.55 bits per heavy atom. The second-order valence-electron chi connectivity index (χ2n) is 4.80. The van der Waals surface area contributed by atoms with Crippen LogP contribution in [-0.2, 0) is 4.79 Å². The maximum atomic E-state index is 11.8. The number of aromatic nitrogens is 2. The lowest BCUT2D eigenvalue weighted by Gasteiger charge is -2.11. The number of aryl methyl sites for hydroxylation is 1. The summed E-state index contributed by atoms with van der Waals surface area (Å²) in [5, 5.41) is 12.3. The zero-order valence-electron chi connectivity index (χ0n) is 11.2. The van der Waals surface area contributed by atoms with Crippen molar-refractivity contribution in [3.8, 4) is 6.07 Å². The van der Waals surface area contributed by atoms with Crippen molar-refractivity contribution in [2.75, 3.05) is 5.75 Å². The number of amides is 1. The Balaban J connectivity index is 1.98. The molecular formula is C13H16N4O2S. The molecule has 2 N–H and O–H groups in total. The number of aromatic amines is 1. The number of H-pyrrole nitrogens is 1. The third kappa shape index (κ3) is 3.61. The average Bonchev–Trinajstić information content (AvgIpc) is 2.88. The molecule has 0 saturated heterocycles. The van der Waals surface area contributed by atoms with E-state index in [1.54, 1.807) is 6.92 Å². The normalized spacial score (nSPS) is 15.0. The van der Waals surface area contributed by atoms with Crippen molar-refractivity contribution in [3.63, 3.8) is 0 Å². The Morgan fingerprint density at radius 3 is 2.90 bits per heavy atom. The van der Waals surface area contributed by atoms with Crippen molar-refractivity contribution < 1.29 is 4.79 Å². The minimum atomic E-state index is -0.500. The van der Waals surface area contributed by atoms with Crippen molar-refractivity contribution in [1.82, 2.24) is 15.3 Å². The molecule has 0 radical (unpaired) electrons. The molecule has 0 bridgehead atoms. The minimum absolute atomic E-state index is 0.0782. The minimum Gasteiger partial charge on any atom is -0.353 e. The van der Waals surface area contributed by atoms with Crippen LogP contribution in [0.5, 0.6) is 0 Å². The summed E-state index contributed by atoms with van der Waals surface area (Å²) in [7, 11) is 0.